The molecule has 0 amide bonds. The molecule has 6 heteroatoms. The number of hydrogen-bond donors (Lipinski definition) is 0. The van der Waals surface area contributed by atoms with Gasteiger partial charge >= 0.3 is 5.97 Å². The Hall–Kier alpha value is -1.11. The first-order chi connectivity index (χ1) is 7.22. The first-order valence-corrected chi connectivity index (χ1v) is 6.10. The standard InChI is InChI=1S/C9H8N2O2S2/c1-2-13-8(12)7(4-11)9-14-5-6(3-10)15-9/h6H,2,5H2,1H3/b9-7+/t6-/m0/s1. The van der Waals surface area contributed by atoms with E-state index in [1.165, 1.54) is 23.5 Å². The molecule has 1 rings (SSSR count). The van der Waals surface area contributed by atoms with E-state index in [0.717, 1.165) is 0 Å². The topological polar surface area (TPSA) is 73.9 Å². The summed E-state index contributed by atoms with van der Waals surface area (Å²) in [4.78, 5) is 11.3. The van der Waals surface area contributed by atoms with Gasteiger partial charge in [-0.05, 0) is 6.92 Å². The van der Waals surface area contributed by atoms with E-state index in [-0.39, 0.29) is 17.4 Å². The Morgan fingerprint density at radius 2 is 2.40 bits per heavy atom. The van der Waals surface area contributed by atoms with Crippen LogP contribution in [0.2, 0.25) is 0 Å². The Morgan fingerprint density at radius 3 is 2.87 bits per heavy atom. The summed E-state index contributed by atoms with van der Waals surface area (Å²) >= 11 is 2.61. The van der Waals surface area contributed by atoms with E-state index in [1.54, 1.807) is 6.92 Å². The number of esters is 1. The summed E-state index contributed by atoms with van der Waals surface area (Å²) < 4.78 is 5.35. The van der Waals surface area contributed by atoms with Gasteiger partial charge < -0.3 is 4.74 Å². The van der Waals surface area contributed by atoms with Gasteiger partial charge in [-0.3, -0.25) is 0 Å². The predicted molar refractivity (Wildman–Crippen MR) is 58.7 cm³/mol. The molecule has 0 aromatic carbocycles. The van der Waals surface area contributed by atoms with Crippen LogP contribution < -0.4 is 0 Å². The van der Waals surface area contributed by atoms with Gasteiger partial charge in [-0.1, -0.05) is 11.8 Å². The van der Waals surface area contributed by atoms with E-state index in [0.29, 0.717) is 9.99 Å². The molecule has 0 N–H and O–H groups in total. The smallest absolute Gasteiger partial charge is 0.350 e. The summed E-state index contributed by atoms with van der Waals surface area (Å²) in [6.07, 6.45) is 0. The van der Waals surface area contributed by atoms with Gasteiger partial charge in [-0.2, -0.15) is 10.5 Å². The van der Waals surface area contributed by atoms with E-state index in [9.17, 15) is 4.79 Å². The van der Waals surface area contributed by atoms with Crippen LogP contribution in [0.5, 0.6) is 0 Å². The van der Waals surface area contributed by atoms with Crippen molar-refractivity contribution in [2.45, 2.75) is 12.2 Å². The molecular weight excluding hydrogens is 232 g/mol. The zero-order valence-corrected chi connectivity index (χ0v) is 9.65. The normalized spacial score (nSPS) is 22.7. The third-order valence-corrected chi connectivity index (χ3v) is 4.35. The lowest BCUT2D eigenvalue weighted by Crippen LogP contribution is -2.07. The Kier molecular flexibility index (Phi) is 4.54. The second kappa shape index (κ2) is 5.69. The quantitative estimate of drug-likeness (QED) is 0.415. The molecule has 1 aliphatic heterocycles. The molecule has 0 aromatic rings. The van der Waals surface area contributed by atoms with E-state index in [1.807, 2.05) is 6.07 Å². The molecule has 0 radical (unpaired) electrons. The van der Waals surface area contributed by atoms with Crippen molar-refractivity contribution in [1.82, 2.24) is 0 Å². The van der Waals surface area contributed by atoms with Crippen molar-refractivity contribution in [3.63, 3.8) is 0 Å². The predicted octanol–water partition coefficient (Wildman–Crippen LogP) is 1.66. The number of nitriles is 2. The van der Waals surface area contributed by atoms with Crippen LogP contribution in [0.15, 0.2) is 9.81 Å². The molecule has 1 heterocycles. The lowest BCUT2D eigenvalue weighted by molar-refractivity contribution is -0.138. The van der Waals surface area contributed by atoms with Crippen molar-refractivity contribution in [2.75, 3.05) is 12.4 Å². The lowest BCUT2D eigenvalue weighted by Gasteiger charge is -2.01. The summed E-state index contributed by atoms with van der Waals surface area (Å²) in [5.74, 6) is 0.00903. The Bertz CT molecular complexity index is 379. The molecule has 0 aromatic heterocycles. The molecule has 4 nitrogen and oxygen atoms in total. The number of rotatable bonds is 2. The molecule has 1 aliphatic rings. The average molecular weight is 240 g/mol. The fourth-order valence-corrected chi connectivity index (χ4v) is 3.43. The van der Waals surface area contributed by atoms with Gasteiger partial charge in [0.1, 0.15) is 11.3 Å². The molecule has 15 heavy (non-hydrogen) atoms. The van der Waals surface area contributed by atoms with E-state index in [4.69, 9.17) is 15.3 Å². The first kappa shape index (κ1) is 12.0. The first-order valence-electron chi connectivity index (χ1n) is 4.23. The number of ether oxygens (including phenoxy) is 1. The highest BCUT2D eigenvalue weighted by atomic mass is 32.2. The van der Waals surface area contributed by atoms with Crippen molar-refractivity contribution >= 4 is 29.5 Å². The zero-order valence-electron chi connectivity index (χ0n) is 8.02. The van der Waals surface area contributed by atoms with Crippen molar-refractivity contribution in [1.29, 1.82) is 10.5 Å². The maximum Gasteiger partial charge on any atom is 0.350 e. The minimum Gasteiger partial charge on any atom is -0.462 e. The Labute approximate surface area is 96.3 Å². The Balaban J connectivity index is 2.83. The molecule has 1 fully saturated rings. The molecule has 0 spiro atoms. The molecule has 1 atom stereocenters. The van der Waals surface area contributed by atoms with Crippen LogP contribution in [0.4, 0.5) is 0 Å². The minimum absolute atomic E-state index is 0.0181. The number of carbonyl (C=O) groups excluding carboxylic acids is 1. The summed E-state index contributed by atoms with van der Waals surface area (Å²) in [7, 11) is 0. The molecule has 0 aliphatic carbocycles. The highest BCUT2D eigenvalue weighted by molar-refractivity contribution is 8.25. The van der Waals surface area contributed by atoms with E-state index < -0.39 is 5.97 Å². The largest absolute Gasteiger partial charge is 0.462 e. The molecule has 0 unspecified atom stereocenters. The number of nitrogens with zero attached hydrogens (tertiary/aromatic N) is 2. The van der Waals surface area contributed by atoms with Crippen molar-refractivity contribution < 1.29 is 9.53 Å². The maximum atomic E-state index is 11.3. The number of carbonyl (C=O) groups is 1. The van der Waals surface area contributed by atoms with Crippen molar-refractivity contribution in [3.8, 4) is 12.1 Å². The van der Waals surface area contributed by atoms with Crippen LogP contribution in [-0.4, -0.2) is 23.6 Å². The fraction of sp³-hybridized carbons (Fsp3) is 0.444. The average Bonchev–Trinajstić information content (AvgIpc) is 2.68. The summed E-state index contributed by atoms with van der Waals surface area (Å²) in [6.45, 7) is 1.93. The molecule has 78 valence electrons. The van der Waals surface area contributed by atoms with Crippen LogP contribution in [0, 0.1) is 22.7 Å². The molecular formula is C9H8N2O2S2. The van der Waals surface area contributed by atoms with Gasteiger partial charge in [-0.25, -0.2) is 4.79 Å². The summed E-state index contributed by atoms with van der Waals surface area (Å²) in [6, 6.07) is 3.92. The van der Waals surface area contributed by atoms with E-state index in [2.05, 4.69) is 6.07 Å². The summed E-state index contributed by atoms with van der Waals surface area (Å²) in [5, 5.41) is 17.3. The van der Waals surface area contributed by atoms with Crippen molar-refractivity contribution in [3.05, 3.63) is 9.81 Å². The third-order valence-electron chi connectivity index (χ3n) is 1.55. The second-order valence-corrected chi connectivity index (χ2v) is 5.04. The van der Waals surface area contributed by atoms with Gasteiger partial charge in [0, 0.05) is 5.75 Å². The van der Waals surface area contributed by atoms with Gasteiger partial charge in [0.25, 0.3) is 0 Å². The molecule has 0 bridgehead atoms. The lowest BCUT2D eigenvalue weighted by atomic mass is 10.3. The minimum atomic E-state index is -0.603. The second-order valence-electron chi connectivity index (χ2n) is 2.54. The number of thioether (sulfide) groups is 2. The van der Waals surface area contributed by atoms with Crippen LogP contribution in [0.1, 0.15) is 6.92 Å². The number of hydrogen-bond acceptors (Lipinski definition) is 6. The van der Waals surface area contributed by atoms with Crippen LogP contribution >= 0.6 is 23.5 Å². The Morgan fingerprint density at radius 1 is 1.67 bits per heavy atom. The van der Waals surface area contributed by atoms with Gasteiger partial charge in [0.15, 0.2) is 5.57 Å². The van der Waals surface area contributed by atoms with Gasteiger partial charge in [-0.15, -0.1) is 11.8 Å². The molecule has 1 saturated heterocycles. The van der Waals surface area contributed by atoms with Gasteiger partial charge in [0.2, 0.25) is 0 Å². The highest BCUT2D eigenvalue weighted by Crippen LogP contribution is 2.43. The molecule has 0 saturated carbocycles. The summed E-state index contributed by atoms with van der Waals surface area (Å²) in [5.41, 5.74) is 0.0181. The highest BCUT2D eigenvalue weighted by Gasteiger charge is 2.27. The maximum absolute atomic E-state index is 11.3. The van der Waals surface area contributed by atoms with E-state index >= 15 is 0 Å². The van der Waals surface area contributed by atoms with Crippen molar-refractivity contribution in [2.24, 2.45) is 0 Å². The SMILES string of the molecule is CCOC(=O)/C(C#N)=C1\SC[C@H](C#N)S1. The van der Waals surface area contributed by atoms with Crippen LogP contribution in [-0.2, 0) is 9.53 Å². The van der Waals surface area contributed by atoms with Gasteiger partial charge in [0.05, 0.1) is 16.9 Å². The fourth-order valence-electron chi connectivity index (χ4n) is 0.921. The van der Waals surface area contributed by atoms with Crippen LogP contribution in [0.3, 0.4) is 0 Å². The monoisotopic (exact) mass is 240 g/mol. The third kappa shape index (κ3) is 2.92. The zero-order chi connectivity index (χ0) is 11.3. The van der Waals surface area contributed by atoms with Crippen LogP contribution in [0.25, 0.3) is 0 Å².